The minimum Gasteiger partial charge on any atom is -0.494 e. The number of methoxy groups -OCH3 is 1. The molecule has 0 aliphatic rings. The number of hydrogen-bond donors (Lipinski definition) is 1. The van der Waals surface area contributed by atoms with Gasteiger partial charge in [0.1, 0.15) is 12.4 Å². The second-order valence-corrected chi connectivity index (χ2v) is 10.1. The molecule has 0 saturated heterocycles. The lowest BCUT2D eigenvalue weighted by molar-refractivity contribution is -0.144. The molecule has 0 aliphatic carbocycles. The summed E-state index contributed by atoms with van der Waals surface area (Å²) in [6, 6.07) is 25.7. The number of benzene rings is 3. The summed E-state index contributed by atoms with van der Waals surface area (Å²) in [5.74, 6) is 0.467. The van der Waals surface area contributed by atoms with Crippen LogP contribution < -0.4 is 4.74 Å². The third kappa shape index (κ3) is 9.19. The average molecular weight is 572 g/mol. The fraction of sp³-hybridized carbons (Fsp3) is 0.353. The van der Waals surface area contributed by atoms with E-state index in [0.29, 0.717) is 52.3 Å². The van der Waals surface area contributed by atoms with Crippen LogP contribution in [0.2, 0.25) is 0 Å². The number of aromatic amines is 1. The molecule has 8 heteroatoms. The second kappa shape index (κ2) is 16.3. The van der Waals surface area contributed by atoms with Gasteiger partial charge in [0.15, 0.2) is 0 Å². The summed E-state index contributed by atoms with van der Waals surface area (Å²) in [6.07, 6.45) is 3.32. The maximum atomic E-state index is 13.8. The third-order valence-electron chi connectivity index (χ3n) is 7.08. The zero-order valence-corrected chi connectivity index (χ0v) is 24.6. The van der Waals surface area contributed by atoms with Crippen LogP contribution in [0, 0.1) is 0 Å². The van der Waals surface area contributed by atoms with Crippen LogP contribution in [0.4, 0.5) is 0 Å². The number of nitrogens with one attached hydrogen (secondary N) is 1. The van der Waals surface area contributed by atoms with Crippen molar-refractivity contribution in [3.8, 4) is 5.75 Å². The third-order valence-corrected chi connectivity index (χ3v) is 7.08. The van der Waals surface area contributed by atoms with E-state index < -0.39 is 0 Å². The molecule has 1 heterocycles. The van der Waals surface area contributed by atoms with E-state index >= 15 is 0 Å². The molecule has 0 aliphatic heterocycles. The van der Waals surface area contributed by atoms with Crippen molar-refractivity contribution in [2.75, 3.05) is 46.6 Å². The van der Waals surface area contributed by atoms with Crippen molar-refractivity contribution in [1.29, 1.82) is 0 Å². The summed E-state index contributed by atoms with van der Waals surface area (Å²) in [4.78, 5) is 33.8. The van der Waals surface area contributed by atoms with Crippen LogP contribution in [0.25, 0.3) is 10.9 Å². The molecule has 42 heavy (non-hydrogen) atoms. The van der Waals surface area contributed by atoms with E-state index in [2.05, 4.69) is 11.1 Å². The Morgan fingerprint density at radius 3 is 2.36 bits per heavy atom. The number of H-pyrrole nitrogens is 1. The Morgan fingerprint density at radius 2 is 1.60 bits per heavy atom. The van der Waals surface area contributed by atoms with Crippen LogP contribution in [0.3, 0.4) is 0 Å². The molecule has 1 N–H and O–H groups in total. The summed E-state index contributed by atoms with van der Waals surface area (Å²) >= 11 is 0. The molecule has 0 fully saturated rings. The van der Waals surface area contributed by atoms with Crippen LogP contribution in [-0.2, 0) is 38.6 Å². The average Bonchev–Trinajstić information content (AvgIpc) is 3.43. The summed E-state index contributed by atoms with van der Waals surface area (Å²) < 4.78 is 16.5. The first-order valence-corrected chi connectivity index (χ1v) is 14.5. The van der Waals surface area contributed by atoms with Crippen molar-refractivity contribution in [3.63, 3.8) is 0 Å². The lowest BCUT2D eigenvalue weighted by Gasteiger charge is -2.28. The summed E-state index contributed by atoms with van der Waals surface area (Å²) in [6.45, 7) is 4.61. The number of aromatic nitrogens is 1. The topological polar surface area (TPSA) is 84.1 Å². The van der Waals surface area contributed by atoms with Crippen molar-refractivity contribution in [1.82, 2.24) is 14.8 Å². The number of nitrogens with zero attached hydrogens (tertiary/aromatic N) is 2. The van der Waals surface area contributed by atoms with Gasteiger partial charge in [-0.25, -0.2) is 0 Å². The van der Waals surface area contributed by atoms with E-state index in [-0.39, 0.29) is 25.0 Å². The highest BCUT2D eigenvalue weighted by Gasteiger charge is 2.22. The van der Waals surface area contributed by atoms with E-state index in [1.807, 2.05) is 90.8 Å². The maximum absolute atomic E-state index is 13.8. The van der Waals surface area contributed by atoms with E-state index in [0.717, 1.165) is 33.3 Å². The van der Waals surface area contributed by atoms with Gasteiger partial charge in [0.25, 0.3) is 0 Å². The number of fused-ring (bicyclic) bond motifs is 1. The molecule has 4 aromatic rings. The largest absolute Gasteiger partial charge is 0.494 e. The molecule has 0 spiro atoms. The van der Waals surface area contributed by atoms with Gasteiger partial charge in [0.2, 0.25) is 11.8 Å². The Morgan fingerprint density at radius 1 is 0.833 bits per heavy atom. The van der Waals surface area contributed by atoms with E-state index in [1.165, 1.54) is 0 Å². The van der Waals surface area contributed by atoms with Crippen LogP contribution in [-0.4, -0.2) is 73.2 Å². The lowest BCUT2D eigenvalue weighted by atomic mass is 10.1. The zero-order chi connectivity index (χ0) is 29.6. The molecule has 0 radical (unpaired) electrons. The normalized spacial score (nSPS) is 11.0. The molecule has 222 valence electrons. The Bertz CT molecular complexity index is 1390. The van der Waals surface area contributed by atoms with Gasteiger partial charge in [-0.1, -0.05) is 60.7 Å². The summed E-state index contributed by atoms with van der Waals surface area (Å²) in [5.41, 5.74) is 4.21. The Labute approximate surface area is 248 Å². The van der Waals surface area contributed by atoms with Crippen molar-refractivity contribution >= 4 is 22.7 Å². The molecular formula is C34H41N3O5. The van der Waals surface area contributed by atoms with Crippen LogP contribution in [0.15, 0.2) is 85.1 Å². The van der Waals surface area contributed by atoms with Gasteiger partial charge >= 0.3 is 0 Å². The molecule has 0 atom stereocenters. The van der Waals surface area contributed by atoms with Crippen LogP contribution in [0.1, 0.15) is 30.0 Å². The summed E-state index contributed by atoms with van der Waals surface area (Å²) in [7, 11) is 1.63. The predicted octanol–water partition coefficient (Wildman–Crippen LogP) is 5.22. The standard InChI is InChI=1S/C34H41N3O5/c1-3-42-30-16-14-27(15-17-30)23-37(20-18-29-22-35-32-13-8-7-12-31(29)32)33(38)24-36(19-9-21-40-2)34(39)26-41-25-28-10-5-4-6-11-28/h4-8,10-17,22,35H,3,9,18-21,23-26H2,1-2H3. The van der Waals surface area contributed by atoms with Crippen molar-refractivity contribution < 1.29 is 23.8 Å². The minimum absolute atomic E-state index is 0.0256. The smallest absolute Gasteiger partial charge is 0.249 e. The molecule has 0 bridgehead atoms. The molecule has 4 rings (SSSR count). The lowest BCUT2D eigenvalue weighted by Crippen LogP contribution is -2.45. The summed E-state index contributed by atoms with van der Waals surface area (Å²) in [5, 5.41) is 1.15. The van der Waals surface area contributed by atoms with Crippen LogP contribution >= 0.6 is 0 Å². The maximum Gasteiger partial charge on any atom is 0.249 e. The van der Waals surface area contributed by atoms with Gasteiger partial charge < -0.3 is 29.0 Å². The zero-order valence-electron chi connectivity index (χ0n) is 24.6. The Balaban J connectivity index is 1.45. The quantitative estimate of drug-likeness (QED) is 0.176. The van der Waals surface area contributed by atoms with Gasteiger partial charge in [0.05, 0.1) is 19.8 Å². The minimum atomic E-state index is -0.215. The van der Waals surface area contributed by atoms with Gasteiger partial charge in [0, 0.05) is 50.5 Å². The van der Waals surface area contributed by atoms with Crippen molar-refractivity contribution in [3.05, 3.63) is 102 Å². The molecule has 2 amide bonds. The number of carbonyl (C=O) groups excluding carboxylic acids is 2. The number of carbonyl (C=O) groups is 2. The second-order valence-electron chi connectivity index (χ2n) is 10.1. The molecular weight excluding hydrogens is 530 g/mol. The molecule has 0 unspecified atom stereocenters. The first kappa shape index (κ1) is 30.8. The van der Waals surface area contributed by atoms with Crippen molar-refractivity contribution in [2.45, 2.75) is 32.9 Å². The van der Waals surface area contributed by atoms with Crippen LogP contribution in [0.5, 0.6) is 5.75 Å². The SMILES string of the molecule is CCOc1ccc(CN(CCc2c[nH]c3ccccc23)C(=O)CN(CCCOC)C(=O)COCc2ccccc2)cc1. The van der Waals surface area contributed by atoms with Crippen molar-refractivity contribution in [2.24, 2.45) is 0 Å². The van der Waals surface area contributed by atoms with E-state index in [1.54, 1.807) is 12.0 Å². The van der Waals surface area contributed by atoms with Gasteiger partial charge in [-0.3, -0.25) is 9.59 Å². The van der Waals surface area contributed by atoms with Gasteiger partial charge in [-0.15, -0.1) is 0 Å². The monoisotopic (exact) mass is 571 g/mol. The number of amides is 2. The predicted molar refractivity (Wildman–Crippen MR) is 164 cm³/mol. The Kier molecular flexibility index (Phi) is 12.0. The number of hydrogen-bond acceptors (Lipinski definition) is 5. The van der Waals surface area contributed by atoms with Gasteiger partial charge in [-0.2, -0.15) is 0 Å². The fourth-order valence-corrected chi connectivity index (χ4v) is 4.84. The first-order chi connectivity index (χ1) is 20.6. The highest BCUT2D eigenvalue weighted by Crippen LogP contribution is 2.20. The fourth-order valence-electron chi connectivity index (χ4n) is 4.84. The molecule has 3 aromatic carbocycles. The van der Waals surface area contributed by atoms with E-state index in [9.17, 15) is 9.59 Å². The number of rotatable bonds is 17. The highest BCUT2D eigenvalue weighted by atomic mass is 16.5. The van der Waals surface area contributed by atoms with Gasteiger partial charge in [-0.05, 0) is 54.7 Å². The molecule has 1 aromatic heterocycles. The number of para-hydroxylation sites is 1. The molecule has 0 saturated carbocycles. The first-order valence-electron chi connectivity index (χ1n) is 14.5. The Hall–Kier alpha value is -4.14. The number of ether oxygens (including phenoxy) is 3. The van der Waals surface area contributed by atoms with E-state index in [4.69, 9.17) is 14.2 Å². The highest BCUT2D eigenvalue weighted by molar-refractivity contribution is 5.86. The molecule has 8 nitrogen and oxygen atoms in total.